The van der Waals surface area contributed by atoms with Gasteiger partial charge in [-0.2, -0.15) is 10.2 Å². The van der Waals surface area contributed by atoms with Crippen molar-refractivity contribution in [1.29, 1.82) is 0 Å². The van der Waals surface area contributed by atoms with Crippen molar-refractivity contribution < 1.29 is 9.53 Å². The number of benzene rings is 2. The third-order valence-corrected chi connectivity index (χ3v) is 13.2. The molecular weight excluding hydrogens is 875 g/mol. The monoisotopic (exact) mass is 923 g/mol. The SMILES string of the molecule is Cn1c(=O)n(C2CCCC2)c2c3cc(-c4ccc(-n5cncn5)nc4)ccc3ncc21.Cn1c(=O)n([C@H]2CCN(C(=O)OC(C)(C)C)C2)c2c3cc(-c4ccc(-n5cncn5)nc4)ccc3ncc21. The summed E-state index contributed by atoms with van der Waals surface area (Å²) < 4.78 is 16.0. The highest BCUT2D eigenvalue weighted by Crippen LogP contribution is 2.36. The summed E-state index contributed by atoms with van der Waals surface area (Å²) in [5.41, 5.74) is 8.34. The number of carbonyl (C=O) groups is 1. The summed E-state index contributed by atoms with van der Waals surface area (Å²) in [5, 5.41) is 10.1. The summed E-state index contributed by atoms with van der Waals surface area (Å²) in [4.78, 5) is 67.2. The Morgan fingerprint density at radius 1 is 0.609 bits per heavy atom. The summed E-state index contributed by atoms with van der Waals surface area (Å²) in [6.07, 6.45) is 18.1. The second-order valence-corrected chi connectivity index (χ2v) is 18.7. The lowest BCUT2D eigenvalue weighted by Crippen LogP contribution is -2.36. The molecule has 348 valence electrons. The van der Waals surface area contributed by atoms with Gasteiger partial charge in [0, 0.05) is 67.5 Å². The fraction of sp³-hybridized carbons (Fsp3) is 0.300. The molecule has 2 fully saturated rings. The number of carbonyl (C=O) groups excluding carboxylic acids is 1. The largest absolute Gasteiger partial charge is 0.444 e. The Hall–Kier alpha value is -8.35. The maximum atomic E-state index is 13.5. The predicted molar refractivity (Wildman–Crippen MR) is 260 cm³/mol. The number of imidazole rings is 2. The minimum absolute atomic E-state index is 0.0421. The third-order valence-electron chi connectivity index (χ3n) is 13.2. The van der Waals surface area contributed by atoms with Crippen molar-refractivity contribution in [3.8, 4) is 33.9 Å². The quantitative estimate of drug-likeness (QED) is 0.161. The van der Waals surface area contributed by atoms with Crippen LogP contribution in [0.1, 0.15) is 65.0 Å². The van der Waals surface area contributed by atoms with Gasteiger partial charge in [-0.1, -0.05) is 25.0 Å². The van der Waals surface area contributed by atoms with Crippen LogP contribution in [-0.2, 0) is 18.8 Å². The maximum Gasteiger partial charge on any atom is 0.410 e. The van der Waals surface area contributed by atoms with Gasteiger partial charge in [0.25, 0.3) is 0 Å². The Labute approximate surface area is 394 Å². The fourth-order valence-corrected chi connectivity index (χ4v) is 9.74. The number of aryl methyl sites for hydroxylation is 2. The van der Waals surface area contributed by atoms with Crippen molar-refractivity contribution in [3.63, 3.8) is 0 Å². The molecule has 2 aliphatic rings. The van der Waals surface area contributed by atoms with Gasteiger partial charge < -0.3 is 9.64 Å². The van der Waals surface area contributed by atoms with E-state index in [9.17, 15) is 14.4 Å². The molecule has 1 aliphatic heterocycles. The number of rotatable bonds is 6. The standard InChI is InChI=1S/C27H28N8O3.C23H21N7O/c1-27(2,3)38-26(37)33-10-9-19(14-33)35-24-20-11-17(5-7-21(20)29-13-22(24)32(4)25(35)36)18-6-8-23(30-12-18)34-16-28-15-31-34;1-28-20-12-25-19-8-6-15(16-7-9-21(26-11-16)29-14-24-13-27-29)10-18(19)22(20)30(23(28)31)17-4-2-3-5-17/h5-8,11-13,15-16,19H,9-10,14H2,1-4H3;6-14,17H,2-5H2,1H3/t19-;/m0./s1. The smallest absolute Gasteiger partial charge is 0.410 e. The lowest BCUT2D eigenvalue weighted by molar-refractivity contribution is 0.0289. The molecule has 1 saturated heterocycles. The number of amides is 1. The van der Waals surface area contributed by atoms with E-state index in [0.29, 0.717) is 31.1 Å². The molecule has 0 unspecified atom stereocenters. The molecular formula is C50H49N15O4. The van der Waals surface area contributed by atoms with Gasteiger partial charge in [-0.15, -0.1) is 0 Å². The van der Waals surface area contributed by atoms with Crippen LogP contribution in [0.4, 0.5) is 4.79 Å². The van der Waals surface area contributed by atoms with Crippen molar-refractivity contribution in [1.82, 2.24) is 72.6 Å². The molecule has 10 aromatic rings. The zero-order valence-corrected chi connectivity index (χ0v) is 38.8. The van der Waals surface area contributed by atoms with Crippen LogP contribution in [0, 0.1) is 0 Å². The first-order chi connectivity index (χ1) is 33.4. The van der Waals surface area contributed by atoms with Gasteiger partial charge in [0.2, 0.25) is 0 Å². The van der Waals surface area contributed by atoms with E-state index in [1.54, 1.807) is 55.5 Å². The Morgan fingerprint density at radius 2 is 1.10 bits per heavy atom. The summed E-state index contributed by atoms with van der Waals surface area (Å²) in [6.45, 7) is 6.48. The second-order valence-electron chi connectivity index (χ2n) is 18.7. The van der Waals surface area contributed by atoms with E-state index < -0.39 is 5.60 Å². The number of fused-ring (bicyclic) bond motifs is 6. The first kappa shape index (κ1) is 43.2. The van der Waals surface area contributed by atoms with Crippen LogP contribution in [0.25, 0.3) is 77.8 Å². The van der Waals surface area contributed by atoms with E-state index in [0.717, 1.165) is 79.0 Å². The van der Waals surface area contributed by atoms with Gasteiger partial charge in [-0.05, 0) is 99.7 Å². The molecule has 19 nitrogen and oxygen atoms in total. The molecule has 1 aliphatic carbocycles. The number of aromatic nitrogens is 14. The average molecular weight is 924 g/mol. The Kier molecular flexibility index (Phi) is 10.7. The van der Waals surface area contributed by atoms with Gasteiger partial charge in [-0.3, -0.25) is 28.2 Å². The molecule has 1 amide bonds. The number of likely N-dealkylation sites (tertiary alicyclic amines) is 1. The number of pyridine rings is 4. The molecule has 0 bridgehead atoms. The maximum absolute atomic E-state index is 13.5. The lowest BCUT2D eigenvalue weighted by Gasteiger charge is -2.24. The highest BCUT2D eigenvalue weighted by molar-refractivity contribution is 6.05. The summed E-state index contributed by atoms with van der Waals surface area (Å²) in [5.74, 6) is 1.38. The molecule has 12 rings (SSSR count). The number of hydrogen-bond acceptors (Lipinski definition) is 12. The third kappa shape index (κ3) is 7.88. The van der Waals surface area contributed by atoms with Crippen LogP contribution in [0.15, 0.2) is 120 Å². The van der Waals surface area contributed by atoms with Crippen molar-refractivity contribution in [3.05, 3.63) is 132 Å². The molecule has 0 N–H and O–H groups in total. The Bertz CT molecular complexity index is 3650. The van der Waals surface area contributed by atoms with E-state index in [1.165, 1.54) is 25.5 Å². The van der Waals surface area contributed by atoms with Crippen LogP contribution >= 0.6 is 0 Å². The van der Waals surface area contributed by atoms with Gasteiger partial charge >= 0.3 is 17.5 Å². The predicted octanol–water partition coefficient (Wildman–Crippen LogP) is 7.36. The average Bonchev–Trinajstić information content (AvgIpc) is 4.24. The van der Waals surface area contributed by atoms with Gasteiger partial charge in [0.05, 0.1) is 51.5 Å². The van der Waals surface area contributed by atoms with E-state index in [4.69, 9.17) is 4.74 Å². The molecule has 0 spiro atoms. The highest BCUT2D eigenvalue weighted by atomic mass is 16.6. The Morgan fingerprint density at radius 3 is 1.55 bits per heavy atom. The molecule has 2 aromatic carbocycles. The normalized spacial score (nSPS) is 15.4. The zero-order valence-electron chi connectivity index (χ0n) is 38.8. The molecule has 19 heteroatoms. The van der Waals surface area contributed by atoms with Gasteiger partial charge in [0.1, 0.15) is 30.9 Å². The van der Waals surface area contributed by atoms with Gasteiger partial charge in [0.15, 0.2) is 11.6 Å². The Balaban J connectivity index is 0.000000154. The van der Waals surface area contributed by atoms with Crippen LogP contribution < -0.4 is 11.4 Å². The molecule has 9 heterocycles. The molecule has 0 radical (unpaired) electrons. The van der Waals surface area contributed by atoms with Crippen molar-refractivity contribution >= 4 is 50.0 Å². The van der Waals surface area contributed by atoms with E-state index in [-0.39, 0.29) is 29.6 Å². The number of nitrogens with zero attached hydrogens (tertiary/aromatic N) is 15. The molecule has 1 saturated carbocycles. The van der Waals surface area contributed by atoms with Crippen molar-refractivity contribution in [2.75, 3.05) is 13.1 Å². The van der Waals surface area contributed by atoms with Crippen molar-refractivity contribution in [2.24, 2.45) is 14.1 Å². The first-order valence-electron chi connectivity index (χ1n) is 23.0. The van der Waals surface area contributed by atoms with Crippen molar-refractivity contribution in [2.45, 2.75) is 70.6 Å². The first-order valence-corrected chi connectivity index (χ1v) is 23.0. The lowest BCUT2D eigenvalue weighted by atomic mass is 10.0. The molecule has 8 aromatic heterocycles. The minimum Gasteiger partial charge on any atom is -0.444 e. The van der Waals surface area contributed by atoms with Gasteiger partial charge in [-0.25, -0.2) is 43.7 Å². The topological polar surface area (TPSA) is 196 Å². The summed E-state index contributed by atoms with van der Waals surface area (Å²) >= 11 is 0. The number of hydrogen-bond donors (Lipinski definition) is 0. The van der Waals surface area contributed by atoms with Crippen LogP contribution in [0.2, 0.25) is 0 Å². The van der Waals surface area contributed by atoms with E-state index in [1.807, 2.05) is 104 Å². The highest BCUT2D eigenvalue weighted by Gasteiger charge is 2.33. The minimum atomic E-state index is -0.577. The molecule has 69 heavy (non-hydrogen) atoms. The van der Waals surface area contributed by atoms with E-state index in [2.05, 4.69) is 46.2 Å². The van der Waals surface area contributed by atoms with Crippen LogP contribution in [-0.4, -0.2) is 97.4 Å². The molecule has 1 atom stereocenters. The van der Waals surface area contributed by atoms with Crippen LogP contribution in [0.5, 0.6) is 0 Å². The fourth-order valence-electron chi connectivity index (χ4n) is 9.74. The van der Waals surface area contributed by atoms with E-state index >= 15 is 0 Å². The number of ether oxygens (including phenoxy) is 1. The summed E-state index contributed by atoms with van der Waals surface area (Å²) in [7, 11) is 3.59. The van der Waals surface area contributed by atoms with Crippen LogP contribution in [0.3, 0.4) is 0 Å². The summed E-state index contributed by atoms with van der Waals surface area (Å²) in [6, 6.07) is 20.1. The zero-order chi connectivity index (χ0) is 47.6. The second kappa shape index (κ2) is 17.1.